The third-order valence-electron chi connectivity index (χ3n) is 10.5. The number of rotatable bonds is 6. The van der Waals surface area contributed by atoms with E-state index in [1.54, 1.807) is 11.3 Å². The highest BCUT2D eigenvalue weighted by Gasteiger charge is 2.24. The molecule has 0 saturated heterocycles. The Morgan fingerprint density at radius 1 is 0.321 bits per heavy atom. The van der Waals surface area contributed by atoms with Gasteiger partial charge in [-0.1, -0.05) is 152 Å². The number of hydrogen-bond acceptors (Lipinski definition) is 5. The van der Waals surface area contributed by atoms with Crippen LogP contribution < -0.4 is 0 Å². The molecule has 0 unspecified atom stereocenters. The smallest absolute Gasteiger partial charge is 0.164 e. The minimum atomic E-state index is 0.587. The second-order valence-corrected chi connectivity index (χ2v) is 15.0. The summed E-state index contributed by atoms with van der Waals surface area (Å²) in [4.78, 5) is 15.8. The lowest BCUT2D eigenvalue weighted by molar-refractivity contribution is 0.671. The maximum Gasteiger partial charge on any atom is 0.164 e. The fraction of sp³-hybridized carbons (Fsp3) is 0. The Labute approximate surface area is 327 Å². The van der Waals surface area contributed by atoms with Gasteiger partial charge in [-0.3, -0.25) is 0 Å². The van der Waals surface area contributed by atoms with E-state index in [4.69, 9.17) is 19.4 Å². The lowest BCUT2D eigenvalue weighted by Crippen LogP contribution is -2.01. The van der Waals surface area contributed by atoms with Gasteiger partial charge in [0.05, 0.1) is 0 Å². The lowest BCUT2D eigenvalue weighted by atomic mass is 9.93. The molecule has 0 saturated carbocycles. The molecule has 0 fully saturated rings. The molecule has 3 aromatic heterocycles. The molecule has 56 heavy (non-hydrogen) atoms. The quantitative estimate of drug-likeness (QED) is 0.171. The molecule has 0 N–H and O–H groups in total. The zero-order valence-corrected chi connectivity index (χ0v) is 30.9. The summed E-state index contributed by atoms with van der Waals surface area (Å²) in [5.74, 6) is 1.83. The second-order valence-electron chi connectivity index (χ2n) is 13.9. The predicted octanol–water partition coefficient (Wildman–Crippen LogP) is 14.1. The van der Waals surface area contributed by atoms with Gasteiger partial charge in [0.2, 0.25) is 0 Å². The molecular weight excluding hydrogens is 703 g/mol. The van der Waals surface area contributed by atoms with Crippen molar-refractivity contribution in [1.29, 1.82) is 0 Å². The van der Waals surface area contributed by atoms with Gasteiger partial charge in [0.15, 0.2) is 17.5 Å². The maximum atomic E-state index is 7.13. The molecule has 0 bridgehead atoms. The minimum absolute atomic E-state index is 0.587. The number of nitrogens with zero attached hydrogens (tertiary/aromatic N) is 3. The molecule has 5 heteroatoms. The highest BCUT2D eigenvalue weighted by atomic mass is 32.1. The first-order chi connectivity index (χ1) is 27.8. The SMILES string of the molecule is c1ccc(-c2cc(-c3ccccc3)c3oc4c(-c5ccccc5)ccc(-c5nc(-c6ccccc6)nc(-c6cccc7sc8ccccc8c67)n5)c4c3c2)cc1. The largest absolute Gasteiger partial charge is 0.455 e. The summed E-state index contributed by atoms with van der Waals surface area (Å²) in [5, 5.41) is 4.32. The first kappa shape index (κ1) is 32.2. The van der Waals surface area contributed by atoms with Crippen LogP contribution in [0.25, 0.3) is 110 Å². The van der Waals surface area contributed by atoms with E-state index in [0.717, 1.165) is 77.4 Å². The van der Waals surface area contributed by atoms with Crippen LogP contribution in [0.15, 0.2) is 192 Å². The number of fused-ring (bicyclic) bond motifs is 6. The molecule has 0 radical (unpaired) electrons. The molecular formula is C51H31N3OS. The standard InChI is InChI=1S/C51H31N3OS/c1-5-16-32(17-6-1)36-30-41(34-20-9-3-10-21-34)47-42(31-36)46-40(29-28-37(48(46)55-47)33-18-7-2-8-19-33)51-53-49(35-22-11-4-12-23-35)52-50(54-51)39-25-15-27-44-45(39)38-24-13-14-26-43(38)56-44/h1-31H. The molecule has 8 aromatic carbocycles. The van der Waals surface area contributed by atoms with E-state index in [2.05, 4.69) is 158 Å². The van der Waals surface area contributed by atoms with Crippen molar-refractivity contribution in [3.05, 3.63) is 188 Å². The molecule has 4 nitrogen and oxygen atoms in total. The summed E-state index contributed by atoms with van der Waals surface area (Å²) in [5.41, 5.74) is 10.8. The van der Waals surface area contributed by atoms with E-state index in [9.17, 15) is 0 Å². The Morgan fingerprint density at radius 3 is 1.55 bits per heavy atom. The van der Waals surface area contributed by atoms with Gasteiger partial charge >= 0.3 is 0 Å². The van der Waals surface area contributed by atoms with Gasteiger partial charge in [0.25, 0.3) is 0 Å². The second kappa shape index (κ2) is 13.3. The Morgan fingerprint density at radius 2 is 0.857 bits per heavy atom. The van der Waals surface area contributed by atoms with Crippen molar-refractivity contribution >= 4 is 53.4 Å². The van der Waals surface area contributed by atoms with Crippen LogP contribution in [0.5, 0.6) is 0 Å². The van der Waals surface area contributed by atoms with Crippen LogP contribution in [0, 0.1) is 0 Å². The number of furan rings is 1. The van der Waals surface area contributed by atoms with Crippen LogP contribution in [0.2, 0.25) is 0 Å². The van der Waals surface area contributed by atoms with Gasteiger partial charge in [-0.2, -0.15) is 0 Å². The van der Waals surface area contributed by atoms with E-state index in [1.165, 1.54) is 14.8 Å². The summed E-state index contributed by atoms with van der Waals surface area (Å²) in [6.45, 7) is 0. The van der Waals surface area contributed by atoms with Gasteiger partial charge < -0.3 is 4.42 Å². The third kappa shape index (κ3) is 5.40. The molecule has 0 amide bonds. The van der Waals surface area contributed by atoms with E-state index in [-0.39, 0.29) is 0 Å². The van der Waals surface area contributed by atoms with Gasteiger partial charge in [0, 0.05) is 58.8 Å². The zero-order valence-electron chi connectivity index (χ0n) is 30.1. The Kier molecular flexibility index (Phi) is 7.64. The van der Waals surface area contributed by atoms with Gasteiger partial charge in [-0.05, 0) is 58.7 Å². The number of hydrogen-bond donors (Lipinski definition) is 0. The molecule has 3 heterocycles. The van der Waals surface area contributed by atoms with E-state index in [1.807, 2.05) is 30.3 Å². The lowest BCUT2D eigenvalue weighted by Gasteiger charge is -2.12. The zero-order chi connectivity index (χ0) is 37.0. The first-order valence-corrected chi connectivity index (χ1v) is 19.5. The Hall–Kier alpha value is -7.21. The highest BCUT2D eigenvalue weighted by Crippen LogP contribution is 2.46. The molecule has 11 rings (SSSR count). The average Bonchev–Trinajstić information content (AvgIpc) is 3.86. The summed E-state index contributed by atoms with van der Waals surface area (Å²) >= 11 is 1.79. The average molecular weight is 734 g/mol. The van der Waals surface area contributed by atoms with Crippen LogP contribution >= 0.6 is 11.3 Å². The summed E-state index contributed by atoms with van der Waals surface area (Å²) in [7, 11) is 0. The molecule has 11 aromatic rings. The fourth-order valence-corrected chi connectivity index (χ4v) is 9.07. The van der Waals surface area contributed by atoms with Crippen molar-refractivity contribution in [2.24, 2.45) is 0 Å². The van der Waals surface area contributed by atoms with E-state index < -0.39 is 0 Å². The normalized spacial score (nSPS) is 11.6. The van der Waals surface area contributed by atoms with Crippen molar-refractivity contribution in [2.45, 2.75) is 0 Å². The number of benzene rings is 8. The van der Waals surface area contributed by atoms with E-state index >= 15 is 0 Å². The summed E-state index contributed by atoms with van der Waals surface area (Å²) in [6.07, 6.45) is 0. The van der Waals surface area contributed by atoms with Crippen LogP contribution in [-0.4, -0.2) is 15.0 Å². The van der Waals surface area contributed by atoms with Crippen molar-refractivity contribution in [3.63, 3.8) is 0 Å². The maximum absolute atomic E-state index is 7.13. The molecule has 0 atom stereocenters. The van der Waals surface area contributed by atoms with Crippen LogP contribution in [0.3, 0.4) is 0 Å². The van der Waals surface area contributed by atoms with E-state index in [0.29, 0.717) is 17.5 Å². The predicted molar refractivity (Wildman–Crippen MR) is 233 cm³/mol. The van der Waals surface area contributed by atoms with Crippen LogP contribution in [-0.2, 0) is 0 Å². The first-order valence-electron chi connectivity index (χ1n) is 18.7. The summed E-state index contributed by atoms with van der Waals surface area (Å²) in [6, 6.07) is 65.5. The number of thiophene rings is 1. The fourth-order valence-electron chi connectivity index (χ4n) is 7.94. The Bertz CT molecular complexity index is 3230. The monoisotopic (exact) mass is 733 g/mol. The van der Waals surface area contributed by atoms with Crippen molar-refractivity contribution in [1.82, 2.24) is 15.0 Å². The van der Waals surface area contributed by atoms with Gasteiger partial charge in [0.1, 0.15) is 11.2 Å². The van der Waals surface area contributed by atoms with Crippen molar-refractivity contribution in [3.8, 4) is 67.5 Å². The number of aromatic nitrogens is 3. The Balaban J connectivity index is 1.26. The topological polar surface area (TPSA) is 51.8 Å². The third-order valence-corrected chi connectivity index (χ3v) is 11.7. The molecule has 0 aliphatic carbocycles. The van der Waals surface area contributed by atoms with Crippen LogP contribution in [0.4, 0.5) is 0 Å². The minimum Gasteiger partial charge on any atom is -0.455 e. The molecule has 0 aliphatic heterocycles. The summed E-state index contributed by atoms with van der Waals surface area (Å²) < 4.78 is 9.57. The van der Waals surface area contributed by atoms with Crippen molar-refractivity contribution in [2.75, 3.05) is 0 Å². The van der Waals surface area contributed by atoms with Crippen LogP contribution in [0.1, 0.15) is 0 Å². The molecule has 0 aliphatic rings. The van der Waals surface area contributed by atoms with Gasteiger partial charge in [-0.15, -0.1) is 11.3 Å². The highest BCUT2D eigenvalue weighted by molar-refractivity contribution is 7.25. The van der Waals surface area contributed by atoms with Gasteiger partial charge in [-0.25, -0.2) is 15.0 Å². The molecule has 262 valence electrons. The molecule has 0 spiro atoms. The van der Waals surface area contributed by atoms with Crippen molar-refractivity contribution < 1.29 is 4.42 Å².